The summed E-state index contributed by atoms with van der Waals surface area (Å²) in [6.45, 7) is 4.08. The summed E-state index contributed by atoms with van der Waals surface area (Å²) in [5, 5.41) is 2.47. The molecule has 0 amide bonds. The van der Waals surface area contributed by atoms with Gasteiger partial charge in [-0.05, 0) is 85.0 Å². The van der Waals surface area contributed by atoms with Crippen LogP contribution >= 0.6 is 0 Å². The minimum Gasteiger partial charge on any atom is -0.436 e. The Morgan fingerprint density at radius 2 is 1.32 bits per heavy atom. The molecule has 8 aromatic rings. The van der Waals surface area contributed by atoms with Gasteiger partial charge < -0.3 is 8.98 Å². The molecule has 0 unspecified atom stereocenters. The van der Waals surface area contributed by atoms with Crippen LogP contribution in [0.1, 0.15) is 36.5 Å². The van der Waals surface area contributed by atoms with Gasteiger partial charge in [0.2, 0.25) is 5.89 Å². The number of hydrogen-bond donors (Lipinski definition) is 0. The van der Waals surface area contributed by atoms with E-state index in [9.17, 15) is 0 Å². The number of benzene rings is 5. The van der Waals surface area contributed by atoms with Gasteiger partial charge in [-0.15, -0.1) is 0 Å². The molecule has 0 bridgehead atoms. The maximum atomic E-state index is 6.40. The van der Waals surface area contributed by atoms with E-state index in [0.29, 0.717) is 23.4 Å². The van der Waals surface area contributed by atoms with Crippen LogP contribution in [0.4, 0.5) is 0 Å². The van der Waals surface area contributed by atoms with Gasteiger partial charge in [-0.2, -0.15) is 0 Å². The van der Waals surface area contributed by atoms with Crippen molar-refractivity contribution < 1.29 is 4.42 Å². The molecule has 3 heterocycles. The number of para-hydroxylation sites is 2. The Kier molecular flexibility index (Phi) is 7.39. The van der Waals surface area contributed by atoms with E-state index in [4.69, 9.17) is 24.4 Å². The van der Waals surface area contributed by atoms with Crippen LogP contribution in [0.3, 0.4) is 0 Å². The van der Waals surface area contributed by atoms with E-state index in [1.165, 1.54) is 32.9 Å². The lowest BCUT2D eigenvalue weighted by Gasteiger charge is -2.13. The number of rotatable bonds is 6. The van der Waals surface area contributed by atoms with Crippen molar-refractivity contribution in [3.63, 3.8) is 0 Å². The third-order valence-electron chi connectivity index (χ3n) is 10.1. The van der Waals surface area contributed by atoms with Crippen molar-refractivity contribution in [1.29, 1.82) is 0 Å². The van der Waals surface area contributed by atoms with E-state index in [1.54, 1.807) is 0 Å². The van der Waals surface area contributed by atoms with Gasteiger partial charge in [0, 0.05) is 38.7 Å². The largest absolute Gasteiger partial charge is 0.436 e. The van der Waals surface area contributed by atoms with E-state index < -0.39 is 0 Å². The average Bonchev–Trinajstić information content (AvgIpc) is 3.81. The topological polar surface area (TPSA) is 69.6 Å². The number of allylic oxidation sites excluding steroid dienone is 9. The first-order chi connectivity index (χ1) is 26.1. The lowest BCUT2D eigenvalue weighted by molar-refractivity contribution is 0.580. The molecule has 0 saturated heterocycles. The Balaban J connectivity index is 1.00. The molecule has 0 atom stereocenters. The highest BCUT2D eigenvalue weighted by Crippen LogP contribution is 2.37. The summed E-state index contributed by atoms with van der Waals surface area (Å²) in [6.07, 6.45) is 13.2. The smallest absolute Gasteiger partial charge is 0.223 e. The summed E-state index contributed by atoms with van der Waals surface area (Å²) < 4.78 is 8.74. The van der Waals surface area contributed by atoms with E-state index in [-0.39, 0.29) is 0 Å². The van der Waals surface area contributed by atoms with E-state index >= 15 is 0 Å². The Morgan fingerprint density at radius 3 is 2.15 bits per heavy atom. The Labute approximate surface area is 306 Å². The Bertz CT molecular complexity index is 2870. The maximum absolute atomic E-state index is 6.40. The predicted octanol–water partition coefficient (Wildman–Crippen LogP) is 11.6. The highest BCUT2D eigenvalue weighted by Gasteiger charge is 2.19. The summed E-state index contributed by atoms with van der Waals surface area (Å²) in [7, 11) is 0. The van der Waals surface area contributed by atoms with Gasteiger partial charge in [-0.25, -0.2) is 19.9 Å². The fraction of sp³-hybridized carbons (Fsp3) is 0.0638. The fourth-order valence-electron chi connectivity index (χ4n) is 7.38. The summed E-state index contributed by atoms with van der Waals surface area (Å²) in [5.74, 6) is 2.49. The van der Waals surface area contributed by atoms with Crippen molar-refractivity contribution >= 4 is 49.6 Å². The van der Waals surface area contributed by atoms with Gasteiger partial charge in [0.25, 0.3) is 0 Å². The van der Waals surface area contributed by atoms with E-state index in [2.05, 4.69) is 102 Å². The zero-order valence-corrected chi connectivity index (χ0v) is 28.9. The standard InChI is InChI=1S/C47H33N5O/c1-30-19-21-32(22-20-30)45-49-44(31-11-4-2-5-12-31)50-46(51-45)35-24-26-43-40(29-35)48-47(53-43)36-14-10-13-33(27-36)34-23-25-42-39(28-34)38-17-8-9-18-41(38)52(42)37-15-6-3-7-16-37/h2-9,11-13,15-19,21-29H,1,10,14,20H2. The summed E-state index contributed by atoms with van der Waals surface area (Å²) in [5.41, 5.74) is 12.3. The predicted molar refractivity (Wildman–Crippen MR) is 215 cm³/mol. The first kappa shape index (κ1) is 30.9. The average molecular weight is 684 g/mol. The molecule has 0 spiro atoms. The van der Waals surface area contributed by atoms with Crippen molar-refractivity contribution in [3.8, 4) is 28.5 Å². The molecule has 6 nitrogen and oxygen atoms in total. The zero-order chi connectivity index (χ0) is 35.3. The van der Waals surface area contributed by atoms with Crippen LogP contribution in [-0.2, 0) is 0 Å². The molecule has 252 valence electrons. The molecule has 0 saturated carbocycles. The number of aromatic nitrogens is 5. The minimum atomic E-state index is 0.588. The highest BCUT2D eigenvalue weighted by atomic mass is 16.3. The first-order valence-corrected chi connectivity index (χ1v) is 17.9. The summed E-state index contributed by atoms with van der Waals surface area (Å²) >= 11 is 0. The number of nitrogens with zero attached hydrogens (tertiary/aromatic N) is 5. The van der Waals surface area contributed by atoms with Crippen molar-refractivity contribution in [2.75, 3.05) is 0 Å². The van der Waals surface area contributed by atoms with Gasteiger partial charge in [-0.3, -0.25) is 0 Å². The fourth-order valence-corrected chi connectivity index (χ4v) is 7.38. The lowest BCUT2D eigenvalue weighted by Crippen LogP contribution is -2.03. The molecule has 5 aromatic carbocycles. The molecule has 0 fully saturated rings. The molecular weight excluding hydrogens is 651 g/mol. The molecule has 10 rings (SSSR count). The third kappa shape index (κ3) is 5.61. The Hall–Kier alpha value is -6.92. The first-order valence-electron chi connectivity index (χ1n) is 17.9. The van der Waals surface area contributed by atoms with Crippen LogP contribution in [0.2, 0.25) is 0 Å². The molecular formula is C47H33N5O. The number of hydrogen-bond acceptors (Lipinski definition) is 5. The molecule has 3 aromatic heterocycles. The van der Waals surface area contributed by atoms with Crippen LogP contribution in [-0.4, -0.2) is 24.5 Å². The van der Waals surface area contributed by atoms with Gasteiger partial charge in [0.1, 0.15) is 5.52 Å². The molecule has 6 heteroatoms. The maximum Gasteiger partial charge on any atom is 0.223 e. The summed E-state index contributed by atoms with van der Waals surface area (Å²) in [4.78, 5) is 19.7. The molecule has 53 heavy (non-hydrogen) atoms. The second-order valence-electron chi connectivity index (χ2n) is 13.5. The molecule has 0 radical (unpaired) electrons. The summed E-state index contributed by atoms with van der Waals surface area (Å²) in [6, 6.07) is 42.0. The van der Waals surface area contributed by atoms with Crippen molar-refractivity contribution in [2.45, 2.75) is 19.3 Å². The van der Waals surface area contributed by atoms with Crippen molar-refractivity contribution in [1.82, 2.24) is 24.5 Å². The highest BCUT2D eigenvalue weighted by molar-refractivity contribution is 6.10. The second kappa shape index (κ2) is 12.7. The van der Waals surface area contributed by atoms with Crippen LogP contribution in [0.5, 0.6) is 0 Å². The second-order valence-corrected chi connectivity index (χ2v) is 13.5. The SMILES string of the molecule is C=C1C=CC(c2nc(-c3ccccc3)nc(-c3ccc4oc(C5=CC(c6ccc7c(c6)c6ccccc6n7-c6ccccc6)=CCC5)nc4c3)n2)=CC1. The van der Waals surface area contributed by atoms with Crippen LogP contribution < -0.4 is 0 Å². The molecule has 0 N–H and O–H groups in total. The molecule has 2 aliphatic rings. The normalized spacial score (nSPS) is 14.5. The van der Waals surface area contributed by atoms with Gasteiger partial charge in [-0.1, -0.05) is 109 Å². The lowest BCUT2D eigenvalue weighted by atomic mass is 9.93. The number of oxazole rings is 1. The van der Waals surface area contributed by atoms with Gasteiger partial charge in [0.05, 0.1) is 11.0 Å². The van der Waals surface area contributed by atoms with Crippen LogP contribution in [0, 0.1) is 0 Å². The van der Waals surface area contributed by atoms with Gasteiger partial charge in [0.15, 0.2) is 23.1 Å². The van der Waals surface area contributed by atoms with E-state index in [1.807, 2.05) is 60.7 Å². The van der Waals surface area contributed by atoms with Crippen LogP contribution in [0.25, 0.3) is 78.1 Å². The molecule has 0 aliphatic heterocycles. The third-order valence-corrected chi connectivity index (χ3v) is 10.1. The van der Waals surface area contributed by atoms with Gasteiger partial charge >= 0.3 is 0 Å². The van der Waals surface area contributed by atoms with Crippen molar-refractivity contribution in [2.24, 2.45) is 0 Å². The quantitative estimate of drug-likeness (QED) is 0.174. The van der Waals surface area contributed by atoms with Crippen molar-refractivity contribution in [3.05, 3.63) is 181 Å². The van der Waals surface area contributed by atoms with E-state index in [0.717, 1.165) is 63.9 Å². The minimum absolute atomic E-state index is 0.588. The van der Waals surface area contributed by atoms with Crippen LogP contribution in [0.15, 0.2) is 168 Å². The zero-order valence-electron chi connectivity index (χ0n) is 28.9. The molecule has 2 aliphatic carbocycles. The number of fused-ring (bicyclic) bond motifs is 4. The monoisotopic (exact) mass is 683 g/mol. The Morgan fingerprint density at radius 1 is 0.585 bits per heavy atom.